The van der Waals surface area contributed by atoms with E-state index >= 15 is 0 Å². The number of nitrogens with zero attached hydrogens (tertiary/aromatic N) is 5. The Kier molecular flexibility index (Phi) is 16.7. The molecule has 4 atom stereocenters. The lowest BCUT2D eigenvalue weighted by molar-refractivity contribution is -0.0697. The molecule has 6 aliphatic rings. The number of likely N-dealkylation sites (tertiary alicyclic amines) is 2. The van der Waals surface area contributed by atoms with E-state index in [4.69, 9.17) is 28.4 Å². The van der Waals surface area contributed by atoms with Gasteiger partial charge in [0, 0.05) is 111 Å². The van der Waals surface area contributed by atoms with Crippen molar-refractivity contribution in [3.05, 3.63) is 113 Å². The number of nitrogens with one attached hydrogen (secondary N) is 1. The molecule has 0 radical (unpaired) electrons. The second-order valence-corrected chi connectivity index (χ2v) is 22.0. The summed E-state index contributed by atoms with van der Waals surface area (Å²) < 4.78 is 35.8. The molecule has 2 aromatic heterocycles. The van der Waals surface area contributed by atoms with Gasteiger partial charge in [0.1, 0.15) is 23.4 Å². The van der Waals surface area contributed by atoms with Crippen molar-refractivity contribution in [3.63, 3.8) is 0 Å². The fraction of sp³-hybridized carbons (Fsp3) is 0.556. The monoisotopic (exact) mass is 1010 g/mol. The maximum Gasteiger partial charge on any atom is 0.410 e. The first-order valence-electron chi connectivity index (χ1n) is 24.8. The number of carbonyl (C=O) groups excluding carboxylic acids is 2. The molecule has 4 bridgehead atoms. The van der Waals surface area contributed by atoms with Gasteiger partial charge in [-0.25, -0.2) is 19.6 Å². The van der Waals surface area contributed by atoms with E-state index < -0.39 is 5.60 Å². The average molecular weight is 1010 g/mol. The first kappa shape index (κ1) is 50.4. The number of hydrogen-bond donors (Lipinski definition) is 1. The van der Waals surface area contributed by atoms with E-state index in [1.165, 1.54) is 24.0 Å². The van der Waals surface area contributed by atoms with Crippen LogP contribution in [0.15, 0.2) is 102 Å². The Morgan fingerprint density at radius 1 is 0.594 bits per heavy atom. The zero-order valence-corrected chi connectivity index (χ0v) is 42.7. The van der Waals surface area contributed by atoms with Crippen LogP contribution in [-0.2, 0) is 32.2 Å². The van der Waals surface area contributed by atoms with Crippen LogP contribution in [-0.4, -0.2) is 118 Å². The number of pyridine rings is 2. The molecule has 2 aliphatic carbocycles. The van der Waals surface area contributed by atoms with Crippen molar-refractivity contribution in [1.29, 1.82) is 0 Å². The Hall–Kier alpha value is -4.96. The lowest BCUT2D eigenvalue weighted by Gasteiger charge is -2.42. The molecular formula is C54H71BrN6O8. The molecule has 4 saturated heterocycles. The largest absolute Gasteiger partial charge is 0.474 e. The SMILES string of the molecule is Brc1ccnc(OC2CC(OCc3ccccc3)C2)c1.CC(C)(C)OC(=O)N1CC2CCC(C1)N2.CC(C)(C)OC(=O)N1CC2CCC(C1)N2c1ccnc(OC2CC(OCc3ccccc3)C2)c1. The van der Waals surface area contributed by atoms with Crippen molar-refractivity contribution < 1.29 is 38.0 Å². The molecule has 4 aliphatic heterocycles. The number of benzene rings is 2. The number of anilines is 1. The molecule has 6 heterocycles. The van der Waals surface area contributed by atoms with Crippen LogP contribution in [0.4, 0.5) is 15.3 Å². The van der Waals surface area contributed by atoms with E-state index in [1.54, 1.807) is 6.20 Å². The average Bonchev–Trinajstić information content (AvgIpc) is 3.76. The maximum absolute atomic E-state index is 12.6. The summed E-state index contributed by atoms with van der Waals surface area (Å²) in [4.78, 5) is 39.2. The molecule has 2 saturated carbocycles. The van der Waals surface area contributed by atoms with Crippen LogP contribution >= 0.6 is 15.9 Å². The predicted molar refractivity (Wildman–Crippen MR) is 268 cm³/mol. The number of hydrogen-bond acceptors (Lipinski definition) is 12. The Balaban J connectivity index is 0.000000155. The lowest BCUT2D eigenvalue weighted by atomic mass is 9.92. The van der Waals surface area contributed by atoms with E-state index in [0.717, 1.165) is 61.8 Å². The summed E-state index contributed by atoms with van der Waals surface area (Å²) in [7, 11) is 0. The molecule has 4 unspecified atom stereocenters. The minimum absolute atomic E-state index is 0.143. The number of piperazine rings is 2. The van der Waals surface area contributed by atoms with Crippen LogP contribution in [0.5, 0.6) is 11.8 Å². The highest BCUT2D eigenvalue weighted by molar-refractivity contribution is 9.10. The minimum atomic E-state index is -0.474. The molecule has 6 fully saturated rings. The van der Waals surface area contributed by atoms with E-state index in [-0.39, 0.29) is 36.1 Å². The number of aromatic nitrogens is 2. The van der Waals surface area contributed by atoms with Crippen LogP contribution in [0.2, 0.25) is 0 Å². The molecule has 2 amide bonds. The summed E-state index contributed by atoms with van der Waals surface area (Å²) in [5.41, 5.74) is 2.67. The zero-order valence-electron chi connectivity index (χ0n) is 41.1. The molecule has 15 heteroatoms. The van der Waals surface area contributed by atoms with Gasteiger partial charge < -0.3 is 48.4 Å². The first-order valence-corrected chi connectivity index (χ1v) is 25.6. The fourth-order valence-electron chi connectivity index (χ4n) is 9.56. The molecule has 1 N–H and O–H groups in total. The van der Waals surface area contributed by atoms with Gasteiger partial charge in [0.05, 0.1) is 25.4 Å². The zero-order chi connectivity index (χ0) is 48.5. The van der Waals surface area contributed by atoms with Crippen LogP contribution < -0.4 is 19.7 Å². The third-order valence-electron chi connectivity index (χ3n) is 13.1. The number of amides is 2. The van der Waals surface area contributed by atoms with Gasteiger partial charge in [-0.15, -0.1) is 0 Å². The van der Waals surface area contributed by atoms with Crippen molar-refractivity contribution in [2.24, 2.45) is 0 Å². The van der Waals surface area contributed by atoms with E-state index in [1.807, 2.05) is 118 Å². The normalized spacial score (nSPS) is 25.7. The summed E-state index contributed by atoms with van der Waals surface area (Å²) in [5.74, 6) is 1.34. The molecule has 69 heavy (non-hydrogen) atoms. The molecule has 14 nitrogen and oxygen atoms in total. The van der Waals surface area contributed by atoms with Crippen LogP contribution in [0.25, 0.3) is 0 Å². The van der Waals surface area contributed by atoms with Crippen molar-refractivity contribution in [2.75, 3.05) is 31.1 Å². The quantitative estimate of drug-likeness (QED) is 0.153. The molecular weight excluding hydrogens is 941 g/mol. The summed E-state index contributed by atoms with van der Waals surface area (Å²) in [6.45, 7) is 15.7. The summed E-state index contributed by atoms with van der Waals surface area (Å²) in [6, 6.07) is 29.9. The molecule has 2 aromatic carbocycles. The van der Waals surface area contributed by atoms with Crippen molar-refractivity contribution in [2.45, 2.75) is 166 Å². The third-order valence-corrected chi connectivity index (χ3v) is 13.5. The second kappa shape index (κ2) is 22.9. The number of ether oxygens (including phenoxy) is 6. The van der Waals surface area contributed by atoms with E-state index in [2.05, 4.69) is 60.4 Å². The van der Waals surface area contributed by atoms with Gasteiger partial charge >= 0.3 is 12.2 Å². The van der Waals surface area contributed by atoms with E-state index in [0.29, 0.717) is 68.3 Å². The van der Waals surface area contributed by atoms with Gasteiger partial charge in [0.15, 0.2) is 0 Å². The van der Waals surface area contributed by atoms with Gasteiger partial charge in [-0.3, -0.25) is 0 Å². The number of rotatable bonds is 11. The van der Waals surface area contributed by atoms with Gasteiger partial charge in [0.25, 0.3) is 0 Å². The van der Waals surface area contributed by atoms with Gasteiger partial charge in [-0.2, -0.15) is 0 Å². The molecule has 4 aromatic rings. The number of halogens is 1. The van der Waals surface area contributed by atoms with Crippen LogP contribution in [0, 0.1) is 0 Å². The number of fused-ring (bicyclic) bond motifs is 4. The highest BCUT2D eigenvalue weighted by atomic mass is 79.9. The third kappa shape index (κ3) is 15.0. The Morgan fingerprint density at radius 3 is 1.51 bits per heavy atom. The molecule has 10 rings (SSSR count). The molecule has 372 valence electrons. The summed E-state index contributed by atoms with van der Waals surface area (Å²) >= 11 is 3.41. The standard InChI is InChI=1S/C27H35N3O4.C16H16BrNO2.C11H20N2O2/c1-27(2,3)34-26(31)29-16-21-9-10-22(17-29)30(21)20-11-12-28-25(13-20)33-24-14-23(15-24)32-18-19-7-5-4-6-8-19;17-13-6-7-18-16(8-13)20-15-9-14(10-15)19-11-12-4-2-1-3-5-12;1-11(2,3)15-10(14)13-6-8-4-5-9(7-13)12-8/h4-8,11-13,21-24H,9-10,14-18H2,1-3H3;1-8,14-15H,9-11H2;8-9,12H,4-7H2,1-3H3. The lowest BCUT2D eigenvalue weighted by Crippen LogP contribution is -2.56. The molecule has 0 spiro atoms. The smallest absolute Gasteiger partial charge is 0.410 e. The first-order chi connectivity index (χ1) is 33.1. The second-order valence-electron chi connectivity index (χ2n) is 21.1. The van der Waals surface area contributed by atoms with Crippen LogP contribution in [0.1, 0.15) is 104 Å². The fourth-order valence-corrected chi connectivity index (χ4v) is 9.88. The predicted octanol–water partition coefficient (Wildman–Crippen LogP) is 10.1. The summed E-state index contributed by atoms with van der Waals surface area (Å²) in [6.07, 6.45) is 12.2. The Bertz CT molecular complexity index is 2240. The van der Waals surface area contributed by atoms with Gasteiger partial charge in [-0.05, 0) is 90.5 Å². The summed E-state index contributed by atoms with van der Waals surface area (Å²) in [5, 5.41) is 3.49. The van der Waals surface area contributed by atoms with Gasteiger partial charge in [0.2, 0.25) is 11.8 Å². The van der Waals surface area contributed by atoms with Crippen molar-refractivity contribution in [3.8, 4) is 11.8 Å². The van der Waals surface area contributed by atoms with Crippen molar-refractivity contribution in [1.82, 2.24) is 25.1 Å². The highest BCUT2D eigenvalue weighted by Gasteiger charge is 2.43. The van der Waals surface area contributed by atoms with Gasteiger partial charge in [-0.1, -0.05) is 76.6 Å². The maximum atomic E-state index is 12.6. The van der Waals surface area contributed by atoms with Crippen LogP contribution in [0.3, 0.4) is 0 Å². The topological polar surface area (TPSA) is 137 Å². The van der Waals surface area contributed by atoms with E-state index in [9.17, 15) is 9.59 Å². The Morgan fingerprint density at radius 2 is 1.04 bits per heavy atom. The minimum Gasteiger partial charge on any atom is -0.474 e. The Labute approximate surface area is 416 Å². The highest BCUT2D eigenvalue weighted by Crippen LogP contribution is 2.37. The number of carbonyl (C=O) groups is 2. The van der Waals surface area contributed by atoms with Crippen molar-refractivity contribution >= 4 is 33.8 Å².